The quantitative estimate of drug-likeness (QED) is 0.800. The summed E-state index contributed by atoms with van der Waals surface area (Å²) in [6, 6.07) is 7.90. The van der Waals surface area contributed by atoms with Gasteiger partial charge in [0, 0.05) is 22.3 Å². The number of primary amides is 1. The predicted octanol–water partition coefficient (Wildman–Crippen LogP) is 1.84. The van der Waals surface area contributed by atoms with Gasteiger partial charge in [0.2, 0.25) is 5.91 Å². The molecule has 27 heavy (non-hydrogen) atoms. The fourth-order valence-electron chi connectivity index (χ4n) is 3.75. The molecule has 2 aliphatic rings. The number of nitrogens with zero attached hydrogens (tertiary/aromatic N) is 3. The lowest BCUT2D eigenvalue weighted by molar-refractivity contribution is -0.133. The lowest BCUT2D eigenvalue weighted by Crippen LogP contribution is -2.50. The number of hydrogen-bond donors (Lipinski definition) is 1. The van der Waals surface area contributed by atoms with Gasteiger partial charge in [0.15, 0.2) is 11.8 Å². The van der Waals surface area contributed by atoms with Crippen LogP contribution in [0.3, 0.4) is 0 Å². The number of ether oxygens (including phenoxy) is 1. The van der Waals surface area contributed by atoms with Gasteiger partial charge in [-0.25, -0.2) is 4.68 Å². The van der Waals surface area contributed by atoms with Crippen LogP contribution < -0.4 is 5.73 Å². The molecule has 1 saturated heterocycles. The molecular weight excluding hydrogens is 412 g/mol. The van der Waals surface area contributed by atoms with E-state index < -0.39 is 12.0 Å². The molecule has 1 aliphatic heterocycles. The molecule has 0 spiro atoms. The maximum atomic E-state index is 13.2. The molecule has 1 aliphatic carbocycles. The lowest BCUT2D eigenvalue weighted by Gasteiger charge is -2.31. The standard InChI is InChI=1S/C19H21BrN4O3/c20-12-4-3-5-13(10-12)24-15-7-2-1-6-14(15)17(22-24)19(26)23-8-9-27-16(11-23)18(21)25/h3-5,10,16H,1-2,6-9,11H2,(H2,21,25). The smallest absolute Gasteiger partial charge is 0.274 e. The van der Waals surface area contributed by atoms with Crippen molar-refractivity contribution in [1.29, 1.82) is 0 Å². The van der Waals surface area contributed by atoms with Gasteiger partial charge in [-0.3, -0.25) is 9.59 Å². The Bertz CT molecular complexity index is 895. The minimum atomic E-state index is -0.759. The molecule has 2 N–H and O–H groups in total. The van der Waals surface area contributed by atoms with Gasteiger partial charge in [0.05, 0.1) is 18.8 Å². The summed E-state index contributed by atoms with van der Waals surface area (Å²) in [5.41, 5.74) is 8.88. The maximum Gasteiger partial charge on any atom is 0.274 e. The Hall–Kier alpha value is -2.19. The van der Waals surface area contributed by atoms with E-state index in [-0.39, 0.29) is 12.5 Å². The number of benzene rings is 1. The summed E-state index contributed by atoms with van der Waals surface area (Å²) in [4.78, 5) is 26.3. The van der Waals surface area contributed by atoms with Crippen molar-refractivity contribution in [3.05, 3.63) is 45.7 Å². The largest absolute Gasteiger partial charge is 0.367 e. The number of amides is 2. The van der Waals surface area contributed by atoms with E-state index in [9.17, 15) is 9.59 Å². The summed E-state index contributed by atoms with van der Waals surface area (Å²) in [5, 5.41) is 4.70. The third-order valence-electron chi connectivity index (χ3n) is 5.11. The van der Waals surface area contributed by atoms with Crippen molar-refractivity contribution >= 4 is 27.7 Å². The molecule has 0 saturated carbocycles. The van der Waals surface area contributed by atoms with Gasteiger partial charge in [0.1, 0.15) is 0 Å². The third-order valence-corrected chi connectivity index (χ3v) is 5.60. The van der Waals surface area contributed by atoms with Crippen LogP contribution >= 0.6 is 15.9 Å². The Morgan fingerprint density at radius 3 is 2.85 bits per heavy atom. The minimum Gasteiger partial charge on any atom is -0.367 e. The molecule has 1 aromatic heterocycles. The average Bonchev–Trinajstić information content (AvgIpc) is 3.07. The number of rotatable bonds is 3. The molecule has 2 aromatic rings. The number of carbonyl (C=O) groups is 2. The SMILES string of the molecule is NC(=O)C1CN(C(=O)c2nn(-c3cccc(Br)c3)c3c2CCCC3)CCO1. The van der Waals surface area contributed by atoms with Gasteiger partial charge < -0.3 is 15.4 Å². The van der Waals surface area contributed by atoms with Crippen LogP contribution in [0.4, 0.5) is 0 Å². The highest BCUT2D eigenvalue weighted by atomic mass is 79.9. The summed E-state index contributed by atoms with van der Waals surface area (Å²) in [5.74, 6) is -0.703. The monoisotopic (exact) mass is 432 g/mol. The summed E-state index contributed by atoms with van der Waals surface area (Å²) >= 11 is 3.50. The highest BCUT2D eigenvalue weighted by Crippen LogP contribution is 2.29. The zero-order chi connectivity index (χ0) is 19.0. The van der Waals surface area contributed by atoms with E-state index in [1.165, 1.54) is 0 Å². The second-order valence-corrected chi connectivity index (χ2v) is 7.80. The van der Waals surface area contributed by atoms with Crippen LogP contribution in [-0.2, 0) is 22.4 Å². The Morgan fingerprint density at radius 2 is 2.07 bits per heavy atom. The Morgan fingerprint density at radius 1 is 1.26 bits per heavy atom. The van der Waals surface area contributed by atoms with Crippen LogP contribution in [0.5, 0.6) is 0 Å². The van der Waals surface area contributed by atoms with Crippen LogP contribution in [0.1, 0.15) is 34.6 Å². The molecule has 1 atom stereocenters. The Labute approximate surface area is 165 Å². The highest BCUT2D eigenvalue weighted by Gasteiger charge is 2.33. The summed E-state index contributed by atoms with van der Waals surface area (Å²) in [6.07, 6.45) is 3.11. The minimum absolute atomic E-state index is 0.156. The van der Waals surface area contributed by atoms with Crippen molar-refractivity contribution in [3.8, 4) is 5.69 Å². The van der Waals surface area contributed by atoms with Crippen LogP contribution in [-0.4, -0.2) is 52.3 Å². The number of halogens is 1. The highest BCUT2D eigenvalue weighted by molar-refractivity contribution is 9.10. The second kappa shape index (κ2) is 7.44. The first-order valence-electron chi connectivity index (χ1n) is 9.11. The first kappa shape index (κ1) is 18.2. The van der Waals surface area contributed by atoms with E-state index >= 15 is 0 Å². The summed E-state index contributed by atoms with van der Waals surface area (Å²) in [7, 11) is 0. The topological polar surface area (TPSA) is 90.5 Å². The molecule has 0 bridgehead atoms. The third kappa shape index (κ3) is 3.51. The molecule has 1 fully saturated rings. The van der Waals surface area contributed by atoms with Crippen molar-refractivity contribution in [3.63, 3.8) is 0 Å². The van der Waals surface area contributed by atoms with Gasteiger partial charge in [-0.15, -0.1) is 0 Å². The van der Waals surface area contributed by atoms with Crippen molar-refractivity contribution in [2.45, 2.75) is 31.8 Å². The van der Waals surface area contributed by atoms with Crippen LogP contribution in [0, 0.1) is 0 Å². The molecule has 4 rings (SSSR count). The molecule has 8 heteroatoms. The fraction of sp³-hybridized carbons (Fsp3) is 0.421. The Balaban J connectivity index is 1.70. The number of morpholine rings is 1. The zero-order valence-corrected chi connectivity index (χ0v) is 16.4. The van der Waals surface area contributed by atoms with Gasteiger partial charge >= 0.3 is 0 Å². The average molecular weight is 433 g/mol. The second-order valence-electron chi connectivity index (χ2n) is 6.89. The maximum absolute atomic E-state index is 13.2. The van der Waals surface area contributed by atoms with Crippen molar-refractivity contribution < 1.29 is 14.3 Å². The van der Waals surface area contributed by atoms with Crippen LogP contribution in [0.15, 0.2) is 28.7 Å². The Kier molecular flexibility index (Phi) is 5.01. The van der Waals surface area contributed by atoms with E-state index in [1.54, 1.807) is 4.90 Å². The number of aromatic nitrogens is 2. The number of nitrogens with two attached hydrogens (primary N) is 1. The van der Waals surface area contributed by atoms with Crippen molar-refractivity contribution in [1.82, 2.24) is 14.7 Å². The fourth-order valence-corrected chi connectivity index (χ4v) is 4.14. The molecule has 142 valence electrons. The van der Waals surface area contributed by atoms with E-state index in [1.807, 2.05) is 28.9 Å². The van der Waals surface area contributed by atoms with E-state index in [0.717, 1.165) is 47.1 Å². The molecule has 1 unspecified atom stereocenters. The summed E-state index contributed by atoms with van der Waals surface area (Å²) < 4.78 is 8.21. The van der Waals surface area contributed by atoms with E-state index in [4.69, 9.17) is 15.6 Å². The molecule has 1 aromatic carbocycles. The van der Waals surface area contributed by atoms with Crippen molar-refractivity contribution in [2.24, 2.45) is 5.73 Å². The van der Waals surface area contributed by atoms with Crippen LogP contribution in [0.2, 0.25) is 0 Å². The molecular formula is C19H21BrN4O3. The van der Waals surface area contributed by atoms with E-state index in [0.29, 0.717) is 18.8 Å². The number of fused-ring (bicyclic) bond motifs is 1. The first-order valence-corrected chi connectivity index (χ1v) is 9.91. The molecule has 0 radical (unpaired) electrons. The molecule has 2 amide bonds. The predicted molar refractivity (Wildman–Crippen MR) is 103 cm³/mol. The van der Waals surface area contributed by atoms with E-state index in [2.05, 4.69) is 15.9 Å². The van der Waals surface area contributed by atoms with Gasteiger partial charge in [-0.1, -0.05) is 22.0 Å². The number of carbonyl (C=O) groups excluding carboxylic acids is 2. The van der Waals surface area contributed by atoms with Gasteiger partial charge in [-0.2, -0.15) is 5.10 Å². The molecule has 2 heterocycles. The van der Waals surface area contributed by atoms with Crippen molar-refractivity contribution in [2.75, 3.05) is 19.7 Å². The summed E-state index contributed by atoms with van der Waals surface area (Å²) in [6.45, 7) is 0.904. The first-order chi connectivity index (χ1) is 13.0. The zero-order valence-electron chi connectivity index (χ0n) is 14.9. The van der Waals surface area contributed by atoms with Gasteiger partial charge in [0.25, 0.3) is 5.91 Å². The van der Waals surface area contributed by atoms with Gasteiger partial charge in [-0.05, 0) is 43.9 Å². The number of hydrogen-bond acceptors (Lipinski definition) is 4. The molecule has 7 nitrogen and oxygen atoms in total. The van der Waals surface area contributed by atoms with Crippen LogP contribution in [0.25, 0.3) is 5.69 Å². The lowest BCUT2D eigenvalue weighted by atomic mass is 9.95. The normalized spacial score (nSPS) is 19.6.